The van der Waals surface area contributed by atoms with Crippen molar-refractivity contribution in [2.45, 2.75) is 39.2 Å². The third-order valence-corrected chi connectivity index (χ3v) is 3.77. The summed E-state index contributed by atoms with van der Waals surface area (Å²) in [5, 5.41) is 6.31. The Morgan fingerprint density at radius 2 is 2.35 bits per heavy atom. The number of nitrogens with one attached hydrogen (secondary N) is 2. The topological polar surface area (TPSA) is 44.4 Å². The van der Waals surface area contributed by atoms with Crippen LogP contribution in [0.3, 0.4) is 0 Å². The van der Waals surface area contributed by atoms with Gasteiger partial charge in [-0.2, -0.15) is 0 Å². The fourth-order valence-corrected chi connectivity index (χ4v) is 2.11. The zero-order valence-electron chi connectivity index (χ0n) is 11.5. The van der Waals surface area contributed by atoms with Crippen LogP contribution < -0.4 is 10.6 Å². The van der Waals surface area contributed by atoms with E-state index in [1.807, 2.05) is 0 Å². The summed E-state index contributed by atoms with van der Waals surface area (Å²) in [4.78, 5) is 14.1. The molecular weight excluding hydrogens is 214 g/mol. The summed E-state index contributed by atoms with van der Waals surface area (Å²) in [7, 11) is 2.11. The molecule has 4 heteroatoms. The number of nitrogens with zero attached hydrogens (tertiary/aromatic N) is 1. The Morgan fingerprint density at radius 3 is 2.94 bits per heavy atom. The Hall–Kier alpha value is -0.610. The lowest BCUT2D eigenvalue weighted by Crippen LogP contribution is -2.43. The molecule has 1 fully saturated rings. The van der Waals surface area contributed by atoms with Gasteiger partial charge in [-0.25, -0.2) is 0 Å². The number of rotatable bonds is 6. The molecule has 1 heterocycles. The molecule has 2 atom stereocenters. The second kappa shape index (κ2) is 7.67. The highest BCUT2D eigenvalue weighted by Crippen LogP contribution is 2.09. The fourth-order valence-electron chi connectivity index (χ4n) is 2.11. The van der Waals surface area contributed by atoms with Crippen molar-refractivity contribution in [2.75, 3.05) is 33.2 Å². The van der Waals surface area contributed by atoms with Gasteiger partial charge in [0.05, 0.1) is 5.92 Å². The van der Waals surface area contributed by atoms with E-state index in [1.54, 1.807) is 0 Å². The Labute approximate surface area is 105 Å². The predicted octanol–water partition coefficient (Wildman–Crippen LogP) is 0.833. The van der Waals surface area contributed by atoms with Crippen molar-refractivity contribution in [2.24, 2.45) is 5.92 Å². The Kier molecular flexibility index (Phi) is 6.52. The summed E-state index contributed by atoms with van der Waals surface area (Å²) in [6.45, 7) is 7.99. The van der Waals surface area contributed by atoms with E-state index in [-0.39, 0.29) is 11.8 Å². The lowest BCUT2D eigenvalue weighted by molar-refractivity contribution is -0.125. The van der Waals surface area contributed by atoms with Crippen LogP contribution in [0.1, 0.15) is 33.1 Å². The smallest absolute Gasteiger partial charge is 0.224 e. The fraction of sp³-hybridized carbons (Fsp3) is 0.923. The third-order valence-electron chi connectivity index (χ3n) is 3.77. The number of hydrogen-bond donors (Lipinski definition) is 2. The lowest BCUT2D eigenvalue weighted by atomic mass is 9.99. The first-order valence-corrected chi connectivity index (χ1v) is 6.83. The molecule has 0 aromatic carbocycles. The van der Waals surface area contributed by atoms with Crippen LogP contribution in [-0.4, -0.2) is 50.1 Å². The molecule has 1 unspecified atom stereocenters. The minimum absolute atomic E-state index is 0.178. The van der Waals surface area contributed by atoms with Gasteiger partial charge in [-0.05, 0) is 39.8 Å². The normalized spacial score (nSPS) is 22.5. The summed E-state index contributed by atoms with van der Waals surface area (Å²) in [6, 6.07) is 0.586. The average Bonchev–Trinajstić information content (AvgIpc) is 2.38. The molecule has 0 aromatic heterocycles. The standard InChI is InChI=1S/C13H27N3O/c1-4-11(2)16(3)9-8-15-13(17)12-6-5-7-14-10-12/h11-12,14H,4-10H2,1-3H3,(H,15,17)/t11?,12-/m0/s1. The molecule has 0 radical (unpaired) electrons. The molecule has 4 nitrogen and oxygen atoms in total. The Bertz CT molecular complexity index is 227. The first-order chi connectivity index (χ1) is 8.15. The minimum atomic E-state index is 0.178. The molecule has 1 aliphatic heterocycles. The molecule has 0 spiro atoms. The number of hydrogen-bond acceptors (Lipinski definition) is 3. The highest BCUT2D eigenvalue weighted by molar-refractivity contribution is 5.78. The minimum Gasteiger partial charge on any atom is -0.355 e. The van der Waals surface area contributed by atoms with Gasteiger partial charge in [0.15, 0.2) is 0 Å². The first-order valence-electron chi connectivity index (χ1n) is 6.83. The maximum absolute atomic E-state index is 11.8. The molecule has 2 N–H and O–H groups in total. The van der Waals surface area contributed by atoms with Crippen molar-refractivity contribution in [3.8, 4) is 0 Å². The maximum Gasteiger partial charge on any atom is 0.224 e. The van der Waals surface area contributed by atoms with Gasteiger partial charge in [0, 0.05) is 25.7 Å². The van der Waals surface area contributed by atoms with Crippen LogP contribution in [0.2, 0.25) is 0 Å². The van der Waals surface area contributed by atoms with E-state index in [4.69, 9.17) is 0 Å². The monoisotopic (exact) mass is 241 g/mol. The predicted molar refractivity (Wildman–Crippen MR) is 71.0 cm³/mol. The summed E-state index contributed by atoms with van der Waals surface area (Å²) in [5.74, 6) is 0.396. The summed E-state index contributed by atoms with van der Waals surface area (Å²) < 4.78 is 0. The van der Waals surface area contributed by atoms with E-state index in [2.05, 4.69) is 36.4 Å². The zero-order valence-corrected chi connectivity index (χ0v) is 11.5. The van der Waals surface area contributed by atoms with E-state index < -0.39 is 0 Å². The highest BCUT2D eigenvalue weighted by atomic mass is 16.1. The van der Waals surface area contributed by atoms with Crippen molar-refractivity contribution >= 4 is 5.91 Å². The van der Waals surface area contributed by atoms with Gasteiger partial charge in [0.2, 0.25) is 5.91 Å². The van der Waals surface area contributed by atoms with Crippen molar-refractivity contribution in [1.82, 2.24) is 15.5 Å². The molecule has 1 rings (SSSR count). The van der Waals surface area contributed by atoms with Crippen LogP contribution in [0.5, 0.6) is 0 Å². The zero-order chi connectivity index (χ0) is 12.7. The lowest BCUT2D eigenvalue weighted by Gasteiger charge is -2.25. The second-order valence-electron chi connectivity index (χ2n) is 5.07. The summed E-state index contributed by atoms with van der Waals surface area (Å²) in [5.41, 5.74) is 0. The van der Waals surface area contributed by atoms with E-state index >= 15 is 0 Å². The molecule has 17 heavy (non-hydrogen) atoms. The summed E-state index contributed by atoms with van der Waals surface area (Å²) >= 11 is 0. The van der Waals surface area contributed by atoms with Gasteiger partial charge >= 0.3 is 0 Å². The molecule has 1 saturated heterocycles. The van der Waals surface area contributed by atoms with Gasteiger partial charge in [-0.3, -0.25) is 4.79 Å². The van der Waals surface area contributed by atoms with Gasteiger partial charge in [-0.15, -0.1) is 0 Å². The molecule has 0 bridgehead atoms. The first kappa shape index (κ1) is 14.5. The highest BCUT2D eigenvalue weighted by Gasteiger charge is 2.20. The van der Waals surface area contributed by atoms with Crippen LogP contribution >= 0.6 is 0 Å². The van der Waals surface area contributed by atoms with E-state index in [1.165, 1.54) is 0 Å². The largest absolute Gasteiger partial charge is 0.355 e. The Morgan fingerprint density at radius 1 is 1.59 bits per heavy atom. The molecule has 0 aromatic rings. The van der Waals surface area contributed by atoms with Crippen molar-refractivity contribution in [3.63, 3.8) is 0 Å². The van der Waals surface area contributed by atoms with Gasteiger partial charge in [-0.1, -0.05) is 6.92 Å². The van der Waals surface area contributed by atoms with Gasteiger partial charge < -0.3 is 15.5 Å². The number of carbonyl (C=O) groups is 1. The van der Waals surface area contributed by atoms with Crippen molar-refractivity contribution < 1.29 is 4.79 Å². The second-order valence-corrected chi connectivity index (χ2v) is 5.07. The van der Waals surface area contributed by atoms with Gasteiger partial charge in [0.25, 0.3) is 0 Å². The molecule has 1 aliphatic rings. The van der Waals surface area contributed by atoms with Crippen LogP contribution in [0.25, 0.3) is 0 Å². The third kappa shape index (κ3) is 5.04. The van der Waals surface area contributed by atoms with Crippen LogP contribution in [0, 0.1) is 5.92 Å². The average molecular weight is 241 g/mol. The Balaban J connectivity index is 2.15. The van der Waals surface area contributed by atoms with Crippen LogP contribution in [0.15, 0.2) is 0 Å². The summed E-state index contributed by atoms with van der Waals surface area (Å²) in [6.07, 6.45) is 3.29. The van der Waals surface area contributed by atoms with Crippen LogP contribution in [-0.2, 0) is 4.79 Å². The molecule has 0 saturated carbocycles. The molecule has 1 amide bonds. The maximum atomic E-state index is 11.8. The molecule has 100 valence electrons. The van der Waals surface area contributed by atoms with Gasteiger partial charge in [0.1, 0.15) is 0 Å². The molecule has 0 aliphatic carbocycles. The molecular formula is C13H27N3O. The number of piperidine rings is 1. The van der Waals surface area contributed by atoms with E-state index in [0.29, 0.717) is 6.04 Å². The quantitative estimate of drug-likeness (QED) is 0.724. The van der Waals surface area contributed by atoms with Crippen molar-refractivity contribution in [3.05, 3.63) is 0 Å². The van der Waals surface area contributed by atoms with E-state index in [9.17, 15) is 4.79 Å². The van der Waals surface area contributed by atoms with Crippen LogP contribution in [0.4, 0.5) is 0 Å². The number of amides is 1. The van der Waals surface area contributed by atoms with Crippen molar-refractivity contribution in [1.29, 1.82) is 0 Å². The number of likely N-dealkylation sites (N-methyl/N-ethyl adjacent to an activating group) is 1. The van der Waals surface area contributed by atoms with E-state index in [0.717, 1.165) is 45.4 Å². The SMILES string of the molecule is CCC(C)N(C)CCNC(=O)[C@H]1CCCNC1. The number of carbonyl (C=O) groups excluding carboxylic acids is 1.